The first-order valence-electron chi connectivity index (χ1n) is 7.48. The van der Waals surface area contributed by atoms with Crippen molar-refractivity contribution < 1.29 is 4.74 Å². The van der Waals surface area contributed by atoms with Crippen molar-refractivity contribution in [2.75, 3.05) is 13.2 Å². The van der Waals surface area contributed by atoms with Gasteiger partial charge in [0.25, 0.3) is 0 Å². The Balaban J connectivity index is 1.67. The van der Waals surface area contributed by atoms with Gasteiger partial charge in [0.05, 0.1) is 6.61 Å². The molecule has 1 aromatic rings. The highest BCUT2D eigenvalue weighted by Gasteiger charge is 2.19. The monoisotopic (exact) mass is 323 g/mol. The minimum Gasteiger partial charge on any atom is -0.493 e. The Morgan fingerprint density at radius 1 is 1.11 bits per heavy atom. The molecule has 1 aliphatic carbocycles. The van der Waals surface area contributed by atoms with Crippen molar-refractivity contribution in [2.24, 2.45) is 5.92 Å². The fourth-order valence-electron chi connectivity index (χ4n) is 2.88. The van der Waals surface area contributed by atoms with Crippen LogP contribution in [-0.2, 0) is 0 Å². The van der Waals surface area contributed by atoms with E-state index in [0.717, 1.165) is 29.3 Å². The van der Waals surface area contributed by atoms with E-state index in [0.29, 0.717) is 6.04 Å². The summed E-state index contributed by atoms with van der Waals surface area (Å²) in [4.78, 5) is 0. The largest absolute Gasteiger partial charge is 0.493 e. The van der Waals surface area contributed by atoms with E-state index >= 15 is 0 Å². The standard InChI is InChI=1S/C16H22BrNO/c17-14-8-13(16-6-1-2-7-18-16)9-15(10-14)19-11-12-4-3-5-12/h8-10,12,16,18H,1-7,11H2. The Bertz CT molecular complexity index is 425. The van der Waals surface area contributed by atoms with E-state index < -0.39 is 0 Å². The Morgan fingerprint density at radius 2 is 2.00 bits per heavy atom. The van der Waals surface area contributed by atoms with Crippen LogP contribution in [0.2, 0.25) is 0 Å². The predicted molar refractivity (Wildman–Crippen MR) is 81.6 cm³/mol. The van der Waals surface area contributed by atoms with Gasteiger partial charge in [0, 0.05) is 10.5 Å². The number of piperidine rings is 1. The summed E-state index contributed by atoms with van der Waals surface area (Å²) < 4.78 is 7.09. The maximum atomic E-state index is 5.96. The molecule has 104 valence electrons. The molecule has 2 fully saturated rings. The van der Waals surface area contributed by atoms with E-state index in [9.17, 15) is 0 Å². The predicted octanol–water partition coefficient (Wildman–Crippen LogP) is 4.44. The van der Waals surface area contributed by atoms with E-state index in [-0.39, 0.29) is 0 Å². The van der Waals surface area contributed by atoms with Crippen LogP contribution in [0.3, 0.4) is 0 Å². The quantitative estimate of drug-likeness (QED) is 0.884. The lowest BCUT2D eigenvalue weighted by Gasteiger charge is -2.26. The molecule has 19 heavy (non-hydrogen) atoms. The molecule has 0 spiro atoms. The molecule has 0 radical (unpaired) electrons. The van der Waals surface area contributed by atoms with Gasteiger partial charge in [0.2, 0.25) is 0 Å². The van der Waals surface area contributed by atoms with E-state index in [1.807, 2.05) is 0 Å². The summed E-state index contributed by atoms with van der Waals surface area (Å²) in [7, 11) is 0. The van der Waals surface area contributed by atoms with Crippen LogP contribution in [-0.4, -0.2) is 13.2 Å². The summed E-state index contributed by atoms with van der Waals surface area (Å²) in [5, 5.41) is 3.60. The van der Waals surface area contributed by atoms with Crippen LogP contribution in [0, 0.1) is 5.92 Å². The minimum atomic E-state index is 0.498. The average Bonchev–Trinajstić information content (AvgIpc) is 2.37. The van der Waals surface area contributed by atoms with Crippen LogP contribution >= 0.6 is 15.9 Å². The van der Waals surface area contributed by atoms with Gasteiger partial charge < -0.3 is 10.1 Å². The van der Waals surface area contributed by atoms with Crippen molar-refractivity contribution in [1.82, 2.24) is 5.32 Å². The molecule has 1 saturated heterocycles. The maximum absolute atomic E-state index is 5.96. The third-order valence-electron chi connectivity index (χ3n) is 4.32. The van der Waals surface area contributed by atoms with Crippen molar-refractivity contribution in [3.63, 3.8) is 0 Å². The molecule has 1 N–H and O–H groups in total. The molecule has 1 atom stereocenters. The van der Waals surface area contributed by atoms with E-state index in [1.54, 1.807) is 0 Å². The number of rotatable bonds is 4. The number of nitrogens with one attached hydrogen (secondary N) is 1. The van der Waals surface area contributed by atoms with Crippen molar-refractivity contribution in [2.45, 2.75) is 44.6 Å². The smallest absolute Gasteiger partial charge is 0.120 e. The molecular weight excluding hydrogens is 302 g/mol. The van der Waals surface area contributed by atoms with E-state index in [2.05, 4.69) is 39.4 Å². The minimum absolute atomic E-state index is 0.498. The lowest BCUT2D eigenvalue weighted by atomic mass is 9.86. The molecule has 3 rings (SSSR count). The van der Waals surface area contributed by atoms with Crippen LogP contribution in [0.25, 0.3) is 0 Å². The molecule has 1 aromatic carbocycles. The first-order chi connectivity index (χ1) is 9.31. The van der Waals surface area contributed by atoms with E-state index in [1.165, 1.54) is 44.1 Å². The molecule has 2 nitrogen and oxygen atoms in total. The lowest BCUT2D eigenvalue weighted by Crippen LogP contribution is -2.26. The summed E-state index contributed by atoms with van der Waals surface area (Å²) in [5.41, 5.74) is 1.36. The lowest BCUT2D eigenvalue weighted by molar-refractivity contribution is 0.180. The van der Waals surface area contributed by atoms with Crippen LogP contribution in [0.4, 0.5) is 0 Å². The third kappa shape index (κ3) is 3.51. The number of hydrogen-bond acceptors (Lipinski definition) is 2. The molecule has 0 aromatic heterocycles. The fourth-order valence-corrected chi connectivity index (χ4v) is 3.37. The van der Waals surface area contributed by atoms with E-state index in [4.69, 9.17) is 4.74 Å². The molecule has 1 aliphatic heterocycles. The number of hydrogen-bond donors (Lipinski definition) is 1. The molecule has 1 saturated carbocycles. The molecule has 1 unspecified atom stereocenters. The molecule has 0 bridgehead atoms. The maximum Gasteiger partial charge on any atom is 0.120 e. The first kappa shape index (κ1) is 13.4. The third-order valence-corrected chi connectivity index (χ3v) is 4.77. The van der Waals surface area contributed by atoms with Gasteiger partial charge in [-0.1, -0.05) is 28.8 Å². The first-order valence-corrected chi connectivity index (χ1v) is 8.27. The number of halogens is 1. The Labute approximate surface area is 124 Å². The molecule has 3 heteroatoms. The van der Waals surface area contributed by atoms with Crippen LogP contribution in [0.15, 0.2) is 22.7 Å². The SMILES string of the molecule is Brc1cc(OCC2CCC2)cc(C2CCCCN2)c1. The van der Waals surface area contributed by atoms with Gasteiger partial charge in [-0.2, -0.15) is 0 Å². The van der Waals surface area contributed by atoms with Crippen LogP contribution in [0.5, 0.6) is 5.75 Å². The molecule has 1 heterocycles. The van der Waals surface area contributed by atoms with Gasteiger partial charge in [-0.25, -0.2) is 0 Å². The molecule has 0 amide bonds. The number of ether oxygens (including phenoxy) is 1. The fraction of sp³-hybridized carbons (Fsp3) is 0.625. The zero-order valence-corrected chi connectivity index (χ0v) is 12.9. The van der Waals surface area contributed by atoms with Gasteiger partial charge in [-0.05, 0) is 61.9 Å². The van der Waals surface area contributed by atoms with Crippen molar-refractivity contribution in [1.29, 1.82) is 0 Å². The van der Waals surface area contributed by atoms with Gasteiger partial charge in [-0.3, -0.25) is 0 Å². The Morgan fingerprint density at radius 3 is 2.68 bits per heavy atom. The highest BCUT2D eigenvalue weighted by molar-refractivity contribution is 9.10. The van der Waals surface area contributed by atoms with Gasteiger partial charge in [0.15, 0.2) is 0 Å². The zero-order valence-electron chi connectivity index (χ0n) is 11.3. The van der Waals surface area contributed by atoms with Gasteiger partial charge in [0.1, 0.15) is 5.75 Å². The second-order valence-electron chi connectivity index (χ2n) is 5.83. The molecule has 2 aliphatic rings. The van der Waals surface area contributed by atoms with Crippen molar-refractivity contribution in [3.05, 3.63) is 28.2 Å². The van der Waals surface area contributed by atoms with Crippen molar-refractivity contribution >= 4 is 15.9 Å². The number of benzene rings is 1. The van der Waals surface area contributed by atoms with Crippen LogP contribution in [0.1, 0.15) is 50.1 Å². The van der Waals surface area contributed by atoms with Gasteiger partial charge in [-0.15, -0.1) is 0 Å². The summed E-state index contributed by atoms with van der Waals surface area (Å²) >= 11 is 3.61. The molecular formula is C16H22BrNO. The second kappa shape index (κ2) is 6.27. The highest BCUT2D eigenvalue weighted by atomic mass is 79.9. The normalized spacial score (nSPS) is 23.9. The van der Waals surface area contributed by atoms with Gasteiger partial charge >= 0.3 is 0 Å². The summed E-state index contributed by atoms with van der Waals surface area (Å²) in [6, 6.07) is 7.02. The van der Waals surface area contributed by atoms with Crippen LogP contribution < -0.4 is 10.1 Å². The van der Waals surface area contributed by atoms with Crippen molar-refractivity contribution in [3.8, 4) is 5.75 Å². The second-order valence-corrected chi connectivity index (χ2v) is 6.75. The highest BCUT2D eigenvalue weighted by Crippen LogP contribution is 2.31. The average molecular weight is 324 g/mol. The summed E-state index contributed by atoms with van der Waals surface area (Å²) in [5.74, 6) is 1.80. The zero-order chi connectivity index (χ0) is 13.1. The Hall–Kier alpha value is -0.540. The topological polar surface area (TPSA) is 21.3 Å². The Kier molecular flexibility index (Phi) is 4.44. The summed E-state index contributed by atoms with van der Waals surface area (Å²) in [6.07, 6.45) is 7.91. The summed E-state index contributed by atoms with van der Waals surface area (Å²) in [6.45, 7) is 2.02.